The van der Waals surface area contributed by atoms with Gasteiger partial charge >= 0.3 is 0 Å². The molecule has 0 aliphatic carbocycles. The third-order valence-electron chi connectivity index (χ3n) is 6.35. The monoisotopic (exact) mass is 531 g/mol. The van der Waals surface area contributed by atoms with Crippen molar-refractivity contribution in [3.63, 3.8) is 0 Å². The number of para-hydroxylation sites is 1. The van der Waals surface area contributed by atoms with Crippen LogP contribution < -0.4 is 5.32 Å². The first-order valence-corrected chi connectivity index (χ1v) is 13.5. The summed E-state index contributed by atoms with van der Waals surface area (Å²) in [5.74, 6) is 0.0123. The number of rotatable bonds is 6. The number of hydrogen-bond acceptors (Lipinski definition) is 5. The number of nitrogens with zero attached hydrogens (tertiary/aromatic N) is 2. The van der Waals surface area contributed by atoms with Gasteiger partial charge < -0.3 is 5.32 Å². The Morgan fingerprint density at radius 3 is 2.33 bits per heavy atom. The molecule has 6 rings (SSSR count). The summed E-state index contributed by atoms with van der Waals surface area (Å²) in [6.45, 7) is 2.82. The van der Waals surface area contributed by atoms with Crippen LogP contribution in [-0.2, 0) is 30.7 Å². The molecule has 182 valence electrons. The Bertz CT molecular complexity index is 1450. The van der Waals surface area contributed by atoms with E-state index in [-0.39, 0.29) is 18.3 Å². The lowest BCUT2D eigenvalue weighted by Crippen LogP contribution is -2.29. The minimum atomic E-state index is 0. The molecule has 3 heterocycles. The van der Waals surface area contributed by atoms with Crippen molar-refractivity contribution in [3.8, 4) is 10.6 Å². The Hall–Kier alpha value is -3.03. The number of hydrogen-bond donors (Lipinski definition) is 1. The smallest absolute Gasteiger partial charge is 0.229 e. The second kappa shape index (κ2) is 10.9. The molecule has 0 spiro atoms. The highest BCUT2D eigenvalue weighted by atomic mass is 35.5. The van der Waals surface area contributed by atoms with E-state index in [0.29, 0.717) is 6.42 Å². The zero-order chi connectivity index (χ0) is 23.6. The van der Waals surface area contributed by atoms with Crippen LogP contribution in [-0.4, -0.2) is 22.3 Å². The zero-order valence-electron chi connectivity index (χ0n) is 19.6. The fourth-order valence-corrected chi connectivity index (χ4v) is 7.10. The molecule has 1 amide bonds. The number of anilines is 1. The van der Waals surface area contributed by atoms with Crippen LogP contribution in [0.2, 0.25) is 0 Å². The molecule has 3 aromatic carbocycles. The van der Waals surface area contributed by atoms with Gasteiger partial charge in [-0.1, -0.05) is 72.8 Å². The Morgan fingerprint density at radius 2 is 1.58 bits per heavy atom. The van der Waals surface area contributed by atoms with E-state index in [1.54, 1.807) is 22.7 Å². The van der Waals surface area contributed by atoms with Gasteiger partial charge in [-0.25, -0.2) is 4.98 Å². The molecule has 0 radical (unpaired) electrons. The van der Waals surface area contributed by atoms with E-state index >= 15 is 0 Å². The van der Waals surface area contributed by atoms with Gasteiger partial charge in [0.1, 0.15) is 10.0 Å². The highest BCUT2D eigenvalue weighted by Gasteiger charge is 2.27. The standard InChI is InChI=1S/C29H25N3OS2.ClH/c33-26(17-20-9-3-1-4-10-20)31-29-27(28-30-23-13-7-8-14-24(23)34-28)22-15-16-32(19-25(22)35-29)18-21-11-5-2-6-12-21;/h1-14H,15-19H2,(H,31,33);1H. The Labute approximate surface area is 225 Å². The van der Waals surface area contributed by atoms with Gasteiger partial charge in [-0.2, -0.15) is 0 Å². The van der Waals surface area contributed by atoms with Crippen molar-refractivity contribution in [3.05, 3.63) is 106 Å². The van der Waals surface area contributed by atoms with Crippen LogP contribution in [0.15, 0.2) is 84.9 Å². The lowest BCUT2D eigenvalue weighted by atomic mass is 10.0. The predicted octanol–water partition coefficient (Wildman–Crippen LogP) is 7.19. The number of fused-ring (bicyclic) bond motifs is 2. The Kier molecular flexibility index (Phi) is 7.48. The van der Waals surface area contributed by atoms with Crippen molar-refractivity contribution in [1.29, 1.82) is 0 Å². The quantitative estimate of drug-likeness (QED) is 0.252. The molecule has 4 nitrogen and oxygen atoms in total. The third kappa shape index (κ3) is 5.22. The van der Waals surface area contributed by atoms with E-state index in [0.717, 1.165) is 52.7 Å². The molecule has 0 unspecified atom stereocenters. The maximum atomic E-state index is 13.0. The van der Waals surface area contributed by atoms with Gasteiger partial charge in [0.15, 0.2) is 0 Å². The number of thiazole rings is 1. The number of carbonyl (C=O) groups excluding carboxylic acids is 1. The molecule has 0 fully saturated rings. The number of thiophene rings is 1. The van der Waals surface area contributed by atoms with E-state index < -0.39 is 0 Å². The first-order chi connectivity index (χ1) is 17.2. The summed E-state index contributed by atoms with van der Waals surface area (Å²) < 4.78 is 1.17. The maximum absolute atomic E-state index is 13.0. The van der Waals surface area contributed by atoms with Gasteiger partial charge in [0, 0.05) is 30.1 Å². The Balaban J connectivity index is 0.00000267. The minimum absolute atomic E-state index is 0. The topological polar surface area (TPSA) is 45.2 Å². The van der Waals surface area contributed by atoms with Gasteiger partial charge in [-0.05, 0) is 35.2 Å². The van der Waals surface area contributed by atoms with Crippen LogP contribution in [0.5, 0.6) is 0 Å². The zero-order valence-corrected chi connectivity index (χ0v) is 22.1. The summed E-state index contributed by atoms with van der Waals surface area (Å²) in [6.07, 6.45) is 1.32. The first kappa shape index (κ1) is 24.7. The molecule has 1 N–H and O–H groups in total. The molecule has 1 aliphatic heterocycles. The maximum Gasteiger partial charge on any atom is 0.229 e. The predicted molar refractivity (Wildman–Crippen MR) is 153 cm³/mol. The van der Waals surface area contributed by atoms with E-state index in [1.165, 1.54) is 20.7 Å². The van der Waals surface area contributed by atoms with Crippen LogP contribution in [0, 0.1) is 0 Å². The van der Waals surface area contributed by atoms with Crippen molar-refractivity contribution in [2.75, 3.05) is 11.9 Å². The highest BCUT2D eigenvalue weighted by Crippen LogP contribution is 2.45. The number of halogens is 1. The van der Waals surface area contributed by atoms with Gasteiger partial charge in [-0.3, -0.25) is 9.69 Å². The lowest BCUT2D eigenvalue weighted by molar-refractivity contribution is -0.115. The average Bonchev–Trinajstić information content (AvgIpc) is 3.45. The fraction of sp³-hybridized carbons (Fsp3) is 0.172. The molecule has 2 aromatic heterocycles. The molecule has 0 saturated heterocycles. The van der Waals surface area contributed by atoms with Crippen LogP contribution >= 0.6 is 35.1 Å². The lowest BCUT2D eigenvalue weighted by Gasteiger charge is -2.27. The van der Waals surface area contributed by atoms with Crippen LogP contribution in [0.1, 0.15) is 21.6 Å². The number of aromatic nitrogens is 1. The second-order valence-electron chi connectivity index (χ2n) is 8.85. The first-order valence-electron chi connectivity index (χ1n) is 11.8. The highest BCUT2D eigenvalue weighted by molar-refractivity contribution is 7.22. The van der Waals surface area contributed by atoms with Crippen molar-refractivity contribution in [1.82, 2.24) is 9.88 Å². The normalized spacial score (nSPS) is 13.2. The fourth-order valence-electron chi connectivity index (χ4n) is 4.68. The molecule has 0 saturated carbocycles. The largest absolute Gasteiger partial charge is 0.317 e. The molecule has 7 heteroatoms. The third-order valence-corrected chi connectivity index (χ3v) is 8.54. The molecular weight excluding hydrogens is 506 g/mol. The van der Waals surface area contributed by atoms with Crippen LogP contribution in [0.4, 0.5) is 5.00 Å². The molecule has 1 aliphatic rings. The SMILES string of the molecule is Cl.O=C(Cc1ccccc1)Nc1sc2c(c1-c1nc3ccccc3s1)CCN(Cc1ccccc1)C2. The van der Waals surface area contributed by atoms with E-state index in [2.05, 4.69) is 58.7 Å². The van der Waals surface area contributed by atoms with Crippen LogP contribution in [0.3, 0.4) is 0 Å². The molecule has 5 aromatic rings. The number of amides is 1. The Morgan fingerprint density at radius 1 is 0.889 bits per heavy atom. The van der Waals surface area contributed by atoms with Crippen molar-refractivity contribution < 1.29 is 4.79 Å². The summed E-state index contributed by atoms with van der Waals surface area (Å²) >= 11 is 3.42. The molecule has 0 atom stereocenters. The molecular formula is C29H26ClN3OS2. The second-order valence-corrected chi connectivity index (χ2v) is 11.0. The number of nitrogens with one attached hydrogen (secondary N) is 1. The van der Waals surface area contributed by atoms with Crippen molar-refractivity contribution >= 4 is 56.2 Å². The van der Waals surface area contributed by atoms with Crippen LogP contribution in [0.25, 0.3) is 20.8 Å². The molecule has 0 bridgehead atoms. The van der Waals surface area contributed by atoms with Crippen molar-refractivity contribution in [2.24, 2.45) is 0 Å². The van der Waals surface area contributed by atoms with Gasteiger partial charge in [0.2, 0.25) is 5.91 Å². The van der Waals surface area contributed by atoms with Gasteiger partial charge in [-0.15, -0.1) is 35.1 Å². The van der Waals surface area contributed by atoms with Crippen molar-refractivity contribution in [2.45, 2.75) is 25.9 Å². The molecule has 36 heavy (non-hydrogen) atoms. The summed E-state index contributed by atoms with van der Waals surface area (Å²) in [5, 5.41) is 5.17. The summed E-state index contributed by atoms with van der Waals surface area (Å²) in [4.78, 5) is 21.8. The average molecular weight is 532 g/mol. The summed E-state index contributed by atoms with van der Waals surface area (Å²) in [7, 11) is 0. The van der Waals surface area contributed by atoms with E-state index in [1.807, 2.05) is 36.4 Å². The van der Waals surface area contributed by atoms with Gasteiger partial charge in [0.25, 0.3) is 0 Å². The summed E-state index contributed by atoms with van der Waals surface area (Å²) in [6, 6.07) is 28.8. The van der Waals surface area contributed by atoms with E-state index in [4.69, 9.17) is 4.98 Å². The minimum Gasteiger partial charge on any atom is -0.317 e. The van der Waals surface area contributed by atoms with Gasteiger partial charge in [0.05, 0.1) is 16.6 Å². The number of benzene rings is 3. The van der Waals surface area contributed by atoms with E-state index in [9.17, 15) is 4.79 Å². The number of carbonyl (C=O) groups is 1. The summed E-state index contributed by atoms with van der Waals surface area (Å²) in [5.41, 5.74) is 5.81.